The zero-order valence-electron chi connectivity index (χ0n) is 16.2. The third-order valence-corrected chi connectivity index (χ3v) is 5.23. The van der Waals surface area contributed by atoms with Crippen LogP contribution in [0.25, 0.3) is 11.3 Å². The van der Waals surface area contributed by atoms with Gasteiger partial charge in [0.25, 0.3) is 0 Å². The van der Waals surface area contributed by atoms with Gasteiger partial charge in [-0.25, -0.2) is 4.79 Å². The number of nitrogens with one attached hydrogen (secondary N) is 3. The quantitative estimate of drug-likeness (QED) is 0.594. The number of carbonyl (C=O) groups is 1. The first-order valence-corrected chi connectivity index (χ1v) is 9.73. The first kappa shape index (κ1) is 18.3. The van der Waals surface area contributed by atoms with Crippen molar-refractivity contribution >= 4 is 11.7 Å². The monoisotopic (exact) mass is 379 g/mol. The van der Waals surface area contributed by atoms with Crippen molar-refractivity contribution in [1.82, 2.24) is 20.4 Å². The number of hydrogen-bond acceptors (Lipinski definition) is 4. The van der Waals surface area contributed by atoms with Crippen molar-refractivity contribution in [1.29, 1.82) is 0 Å². The summed E-state index contributed by atoms with van der Waals surface area (Å²) in [4.78, 5) is 20.4. The Morgan fingerprint density at radius 2 is 1.93 bits per heavy atom. The molecule has 7 heteroatoms. The number of amides is 2. The van der Waals surface area contributed by atoms with Gasteiger partial charge in [0.1, 0.15) is 5.54 Å². The SMILES string of the molecule is CC(C)c1nc(C2(NC(=O)Nc3ccc(-c4ccc[nH]4)cc3)CCCC2)no1. The molecule has 0 unspecified atom stereocenters. The first-order chi connectivity index (χ1) is 13.6. The van der Waals surface area contributed by atoms with Gasteiger partial charge >= 0.3 is 6.03 Å². The van der Waals surface area contributed by atoms with Gasteiger partial charge in [-0.2, -0.15) is 4.98 Å². The van der Waals surface area contributed by atoms with Crippen LogP contribution in [-0.2, 0) is 5.54 Å². The standard InChI is InChI=1S/C21H25N5O2/c1-14(2)18-24-19(26-28-18)21(11-3-4-12-21)25-20(27)23-16-9-7-15(8-10-16)17-6-5-13-22-17/h5-10,13-14,22H,3-4,11-12H2,1-2H3,(H2,23,25,27). The molecular weight excluding hydrogens is 354 g/mol. The maximum atomic E-state index is 12.7. The van der Waals surface area contributed by atoms with E-state index in [1.807, 2.05) is 56.4 Å². The van der Waals surface area contributed by atoms with Crippen molar-refractivity contribution in [2.24, 2.45) is 0 Å². The van der Waals surface area contributed by atoms with Gasteiger partial charge in [-0.15, -0.1) is 0 Å². The molecule has 28 heavy (non-hydrogen) atoms. The minimum atomic E-state index is -0.565. The number of hydrogen-bond donors (Lipinski definition) is 3. The summed E-state index contributed by atoms with van der Waals surface area (Å²) in [7, 11) is 0. The van der Waals surface area contributed by atoms with E-state index in [9.17, 15) is 4.79 Å². The van der Waals surface area contributed by atoms with E-state index in [-0.39, 0.29) is 11.9 Å². The molecule has 1 fully saturated rings. The number of aromatic amines is 1. The molecule has 0 radical (unpaired) electrons. The van der Waals surface area contributed by atoms with Crippen LogP contribution in [0.5, 0.6) is 0 Å². The highest BCUT2D eigenvalue weighted by molar-refractivity contribution is 5.90. The van der Waals surface area contributed by atoms with Crippen molar-refractivity contribution < 1.29 is 9.32 Å². The number of benzene rings is 1. The third kappa shape index (κ3) is 3.65. The van der Waals surface area contributed by atoms with Crippen molar-refractivity contribution in [2.45, 2.75) is 51.0 Å². The maximum absolute atomic E-state index is 12.7. The molecule has 2 amide bonds. The van der Waals surface area contributed by atoms with Crippen LogP contribution in [0.3, 0.4) is 0 Å². The molecule has 0 spiro atoms. The summed E-state index contributed by atoms with van der Waals surface area (Å²) in [6.45, 7) is 4.02. The van der Waals surface area contributed by atoms with Crippen LogP contribution in [0.1, 0.15) is 57.2 Å². The Morgan fingerprint density at radius 3 is 2.54 bits per heavy atom. The number of aromatic nitrogens is 3. The van der Waals surface area contributed by atoms with Gasteiger partial charge in [0.05, 0.1) is 0 Å². The van der Waals surface area contributed by atoms with E-state index in [1.165, 1.54) is 0 Å². The summed E-state index contributed by atoms with van der Waals surface area (Å²) >= 11 is 0. The molecule has 7 nitrogen and oxygen atoms in total. The molecule has 0 aliphatic heterocycles. The predicted molar refractivity (Wildman–Crippen MR) is 107 cm³/mol. The molecule has 3 N–H and O–H groups in total. The lowest BCUT2D eigenvalue weighted by Crippen LogP contribution is -2.46. The molecule has 2 heterocycles. The first-order valence-electron chi connectivity index (χ1n) is 9.73. The average molecular weight is 379 g/mol. The average Bonchev–Trinajstić information content (AvgIpc) is 3.43. The summed E-state index contributed by atoms with van der Waals surface area (Å²) < 4.78 is 5.38. The van der Waals surface area contributed by atoms with E-state index in [0.717, 1.165) is 42.6 Å². The molecule has 3 aromatic rings. The van der Waals surface area contributed by atoms with Crippen molar-refractivity contribution in [3.63, 3.8) is 0 Å². The van der Waals surface area contributed by atoms with Gasteiger partial charge < -0.3 is 20.1 Å². The molecule has 0 saturated heterocycles. The molecule has 1 aliphatic rings. The zero-order chi connectivity index (χ0) is 19.6. The highest BCUT2D eigenvalue weighted by Crippen LogP contribution is 2.37. The molecule has 2 aromatic heterocycles. The van der Waals surface area contributed by atoms with E-state index in [0.29, 0.717) is 11.7 Å². The van der Waals surface area contributed by atoms with Crippen LogP contribution in [0.15, 0.2) is 47.1 Å². The Labute approximate surface area is 163 Å². The lowest BCUT2D eigenvalue weighted by molar-refractivity contribution is 0.232. The molecular formula is C21H25N5O2. The lowest BCUT2D eigenvalue weighted by Gasteiger charge is -2.26. The summed E-state index contributed by atoms with van der Waals surface area (Å²) in [6.07, 6.45) is 5.55. The van der Waals surface area contributed by atoms with E-state index < -0.39 is 5.54 Å². The van der Waals surface area contributed by atoms with Crippen LogP contribution < -0.4 is 10.6 Å². The smallest absolute Gasteiger partial charge is 0.320 e. The van der Waals surface area contributed by atoms with Crippen LogP contribution in [0.4, 0.5) is 10.5 Å². The normalized spacial score (nSPS) is 15.7. The van der Waals surface area contributed by atoms with E-state index in [2.05, 4.69) is 25.8 Å². The molecule has 0 atom stereocenters. The molecule has 1 aliphatic carbocycles. The Balaban J connectivity index is 1.46. The van der Waals surface area contributed by atoms with E-state index in [1.54, 1.807) is 0 Å². The second-order valence-corrected chi connectivity index (χ2v) is 7.64. The van der Waals surface area contributed by atoms with Gasteiger partial charge in [-0.1, -0.05) is 44.0 Å². The number of rotatable bonds is 5. The van der Waals surface area contributed by atoms with Crippen LogP contribution in [0.2, 0.25) is 0 Å². The van der Waals surface area contributed by atoms with Gasteiger partial charge in [-0.05, 0) is 42.7 Å². The van der Waals surface area contributed by atoms with Gasteiger partial charge in [0, 0.05) is 23.5 Å². The Kier molecular flexibility index (Phi) is 4.90. The lowest BCUT2D eigenvalue weighted by atomic mass is 9.97. The number of anilines is 1. The topological polar surface area (TPSA) is 95.8 Å². The minimum absolute atomic E-state index is 0.159. The summed E-state index contributed by atoms with van der Waals surface area (Å²) in [5, 5.41) is 10.2. The minimum Gasteiger partial charge on any atom is -0.361 e. The zero-order valence-corrected chi connectivity index (χ0v) is 16.2. The van der Waals surface area contributed by atoms with E-state index >= 15 is 0 Å². The fraction of sp³-hybridized carbons (Fsp3) is 0.381. The maximum Gasteiger partial charge on any atom is 0.320 e. The van der Waals surface area contributed by atoms with Crippen LogP contribution in [-0.4, -0.2) is 21.2 Å². The molecule has 146 valence electrons. The van der Waals surface area contributed by atoms with Gasteiger partial charge in [0.2, 0.25) is 5.89 Å². The molecule has 0 bridgehead atoms. The Bertz CT molecular complexity index is 922. The van der Waals surface area contributed by atoms with Crippen molar-refractivity contribution in [3.05, 3.63) is 54.3 Å². The predicted octanol–water partition coefficient (Wildman–Crippen LogP) is 4.78. The summed E-state index contributed by atoms with van der Waals surface area (Å²) in [5.74, 6) is 1.33. The second-order valence-electron chi connectivity index (χ2n) is 7.64. The fourth-order valence-electron chi connectivity index (χ4n) is 3.67. The summed E-state index contributed by atoms with van der Waals surface area (Å²) in [5.41, 5.74) is 2.28. The Morgan fingerprint density at radius 1 is 1.18 bits per heavy atom. The Hall–Kier alpha value is -3.09. The summed E-state index contributed by atoms with van der Waals surface area (Å²) in [6, 6.07) is 11.4. The van der Waals surface area contributed by atoms with Crippen LogP contribution >= 0.6 is 0 Å². The van der Waals surface area contributed by atoms with Crippen molar-refractivity contribution in [3.8, 4) is 11.3 Å². The number of urea groups is 1. The number of nitrogens with zero attached hydrogens (tertiary/aromatic N) is 2. The second kappa shape index (κ2) is 7.50. The number of H-pyrrole nitrogens is 1. The van der Waals surface area contributed by atoms with Crippen LogP contribution in [0, 0.1) is 0 Å². The molecule has 4 rings (SSSR count). The van der Waals surface area contributed by atoms with Gasteiger partial charge in [-0.3, -0.25) is 0 Å². The fourth-order valence-corrected chi connectivity index (χ4v) is 3.67. The van der Waals surface area contributed by atoms with Crippen molar-refractivity contribution in [2.75, 3.05) is 5.32 Å². The van der Waals surface area contributed by atoms with E-state index in [4.69, 9.17) is 4.52 Å². The highest BCUT2D eigenvalue weighted by Gasteiger charge is 2.41. The van der Waals surface area contributed by atoms with Gasteiger partial charge in [0.15, 0.2) is 5.82 Å². The molecule has 1 saturated carbocycles. The third-order valence-electron chi connectivity index (χ3n) is 5.23. The highest BCUT2D eigenvalue weighted by atomic mass is 16.5. The largest absolute Gasteiger partial charge is 0.361 e. The molecule has 1 aromatic carbocycles. The number of carbonyl (C=O) groups excluding carboxylic acids is 1.